The van der Waals surface area contributed by atoms with Gasteiger partial charge in [-0.2, -0.15) is 0 Å². The van der Waals surface area contributed by atoms with Gasteiger partial charge in [-0.3, -0.25) is 4.79 Å². The minimum Gasteiger partial charge on any atom is -0.360 e. The van der Waals surface area contributed by atoms with Crippen molar-refractivity contribution in [2.45, 2.75) is 65.0 Å². The standard InChI is InChI=1S/C16H29N3OS/c1-5-19(10-14(20)18-16(2,3)4)15(21)17-13-9-11-6-7-12(13)8-11/h11-13H,5-10H2,1-4H3,(H,17,21)(H,18,20)/t11-,12-,13-/m1/s1. The molecule has 0 spiro atoms. The number of carbonyl (C=O) groups is 1. The number of nitrogens with zero attached hydrogens (tertiary/aromatic N) is 1. The van der Waals surface area contributed by atoms with Gasteiger partial charge >= 0.3 is 0 Å². The Morgan fingerprint density at radius 3 is 2.48 bits per heavy atom. The molecule has 120 valence electrons. The van der Waals surface area contributed by atoms with Crippen LogP contribution in [-0.2, 0) is 4.79 Å². The fraction of sp³-hybridized carbons (Fsp3) is 0.875. The Labute approximate surface area is 134 Å². The maximum absolute atomic E-state index is 12.1. The van der Waals surface area contributed by atoms with Crippen LogP contribution in [0.4, 0.5) is 0 Å². The van der Waals surface area contributed by atoms with Crippen LogP contribution >= 0.6 is 12.2 Å². The quantitative estimate of drug-likeness (QED) is 0.782. The molecule has 3 atom stereocenters. The normalized spacial score (nSPS) is 27.5. The lowest BCUT2D eigenvalue weighted by Gasteiger charge is -2.31. The number of hydrogen-bond donors (Lipinski definition) is 2. The predicted octanol–water partition coefficient (Wildman–Crippen LogP) is 2.29. The van der Waals surface area contributed by atoms with Crippen molar-refractivity contribution in [3.05, 3.63) is 0 Å². The third kappa shape index (κ3) is 4.56. The average Bonchev–Trinajstić information content (AvgIpc) is 2.95. The summed E-state index contributed by atoms with van der Waals surface area (Å²) in [5, 5.41) is 7.23. The van der Waals surface area contributed by atoms with Crippen molar-refractivity contribution in [2.75, 3.05) is 13.1 Å². The first-order valence-corrected chi connectivity index (χ1v) is 8.55. The number of carbonyl (C=O) groups excluding carboxylic acids is 1. The van der Waals surface area contributed by atoms with Crippen LogP contribution in [0.5, 0.6) is 0 Å². The van der Waals surface area contributed by atoms with Crippen molar-refractivity contribution < 1.29 is 4.79 Å². The van der Waals surface area contributed by atoms with E-state index < -0.39 is 0 Å². The van der Waals surface area contributed by atoms with E-state index in [-0.39, 0.29) is 11.4 Å². The molecule has 0 radical (unpaired) electrons. The maximum Gasteiger partial charge on any atom is 0.240 e. The number of thiocarbonyl (C=S) groups is 1. The molecule has 0 aromatic carbocycles. The summed E-state index contributed by atoms with van der Waals surface area (Å²) in [6.45, 7) is 9.11. The third-order valence-corrected chi connectivity index (χ3v) is 4.94. The van der Waals surface area contributed by atoms with Crippen LogP contribution in [0.1, 0.15) is 53.4 Å². The predicted molar refractivity (Wildman–Crippen MR) is 90.1 cm³/mol. The van der Waals surface area contributed by atoms with Gasteiger partial charge < -0.3 is 15.5 Å². The zero-order valence-corrected chi connectivity index (χ0v) is 14.6. The molecule has 2 bridgehead atoms. The zero-order chi connectivity index (χ0) is 15.6. The van der Waals surface area contributed by atoms with E-state index in [4.69, 9.17) is 12.2 Å². The van der Waals surface area contributed by atoms with E-state index in [1.807, 2.05) is 32.6 Å². The van der Waals surface area contributed by atoms with Gasteiger partial charge in [-0.15, -0.1) is 0 Å². The van der Waals surface area contributed by atoms with Crippen LogP contribution < -0.4 is 10.6 Å². The number of nitrogens with one attached hydrogen (secondary N) is 2. The minimum absolute atomic E-state index is 0.0291. The smallest absolute Gasteiger partial charge is 0.240 e. The van der Waals surface area contributed by atoms with E-state index in [0.717, 1.165) is 23.5 Å². The summed E-state index contributed by atoms with van der Waals surface area (Å²) in [6, 6.07) is 0.524. The number of hydrogen-bond acceptors (Lipinski definition) is 2. The van der Waals surface area contributed by atoms with Gasteiger partial charge in [-0.1, -0.05) is 6.42 Å². The highest BCUT2D eigenvalue weighted by molar-refractivity contribution is 7.80. The second kappa shape index (κ2) is 6.51. The van der Waals surface area contributed by atoms with Gasteiger partial charge in [0.05, 0.1) is 6.54 Å². The van der Waals surface area contributed by atoms with E-state index in [1.165, 1.54) is 25.7 Å². The van der Waals surface area contributed by atoms with Crippen LogP contribution in [0.2, 0.25) is 0 Å². The summed E-state index contributed by atoms with van der Waals surface area (Å²) < 4.78 is 0. The first-order chi connectivity index (χ1) is 9.78. The summed E-state index contributed by atoms with van der Waals surface area (Å²) in [5.41, 5.74) is -0.198. The lowest BCUT2D eigenvalue weighted by Crippen LogP contribution is -2.51. The number of rotatable bonds is 4. The Kier molecular flexibility index (Phi) is 5.12. The second-order valence-corrected chi connectivity index (χ2v) is 7.93. The summed E-state index contributed by atoms with van der Waals surface area (Å²) in [4.78, 5) is 14.0. The molecule has 5 heteroatoms. The first kappa shape index (κ1) is 16.5. The SMILES string of the molecule is CCN(CC(=O)NC(C)(C)C)C(=S)N[C@@H]1C[C@@H]2CC[C@@H]1C2. The lowest BCUT2D eigenvalue weighted by atomic mass is 9.95. The fourth-order valence-corrected chi connectivity index (χ4v) is 3.97. The molecule has 0 saturated heterocycles. The summed E-state index contributed by atoms with van der Waals surface area (Å²) in [7, 11) is 0. The molecule has 2 rings (SSSR count). The van der Waals surface area contributed by atoms with Crippen molar-refractivity contribution in [2.24, 2.45) is 11.8 Å². The largest absolute Gasteiger partial charge is 0.360 e. The molecule has 2 saturated carbocycles. The fourth-order valence-electron chi connectivity index (χ4n) is 3.63. The average molecular weight is 311 g/mol. The van der Waals surface area contributed by atoms with E-state index in [0.29, 0.717) is 12.6 Å². The van der Waals surface area contributed by atoms with Crippen LogP contribution in [0.15, 0.2) is 0 Å². The maximum atomic E-state index is 12.1. The molecule has 0 aromatic rings. The molecule has 0 unspecified atom stereocenters. The Morgan fingerprint density at radius 2 is 2.00 bits per heavy atom. The van der Waals surface area contributed by atoms with Gasteiger partial charge in [0.2, 0.25) is 5.91 Å². The van der Waals surface area contributed by atoms with E-state index in [2.05, 4.69) is 10.6 Å². The van der Waals surface area contributed by atoms with E-state index in [9.17, 15) is 4.79 Å². The molecule has 1 amide bonds. The summed E-state index contributed by atoms with van der Waals surface area (Å²) >= 11 is 5.52. The lowest BCUT2D eigenvalue weighted by molar-refractivity contribution is -0.122. The molecule has 0 heterocycles. The molecule has 2 aliphatic rings. The monoisotopic (exact) mass is 311 g/mol. The number of fused-ring (bicyclic) bond motifs is 2. The zero-order valence-electron chi connectivity index (χ0n) is 13.7. The van der Waals surface area contributed by atoms with Gasteiger partial charge in [-0.25, -0.2) is 0 Å². The molecule has 2 aliphatic carbocycles. The molecule has 2 fully saturated rings. The Bertz CT molecular complexity index is 405. The minimum atomic E-state index is -0.198. The number of amides is 1. The highest BCUT2D eigenvalue weighted by Gasteiger charge is 2.40. The van der Waals surface area contributed by atoms with Crippen LogP contribution in [-0.4, -0.2) is 40.6 Å². The van der Waals surface area contributed by atoms with E-state index in [1.54, 1.807) is 0 Å². The van der Waals surface area contributed by atoms with Gasteiger partial charge in [0.15, 0.2) is 5.11 Å². The van der Waals surface area contributed by atoms with Gasteiger partial charge in [0.25, 0.3) is 0 Å². The van der Waals surface area contributed by atoms with Crippen LogP contribution in [0.25, 0.3) is 0 Å². The van der Waals surface area contributed by atoms with Crippen LogP contribution in [0.3, 0.4) is 0 Å². The van der Waals surface area contributed by atoms with Crippen molar-refractivity contribution in [3.63, 3.8) is 0 Å². The third-order valence-electron chi connectivity index (χ3n) is 4.56. The molecule has 0 aliphatic heterocycles. The number of likely N-dealkylation sites (N-methyl/N-ethyl adjacent to an activating group) is 1. The van der Waals surface area contributed by atoms with Crippen molar-refractivity contribution in [1.29, 1.82) is 0 Å². The van der Waals surface area contributed by atoms with Gasteiger partial charge in [0.1, 0.15) is 0 Å². The molecule has 21 heavy (non-hydrogen) atoms. The second-order valence-electron chi connectivity index (χ2n) is 7.54. The topological polar surface area (TPSA) is 44.4 Å². The van der Waals surface area contributed by atoms with Gasteiger partial charge in [0, 0.05) is 18.1 Å². The highest BCUT2D eigenvalue weighted by Crippen LogP contribution is 2.44. The Morgan fingerprint density at radius 1 is 1.29 bits per heavy atom. The molecule has 2 N–H and O–H groups in total. The van der Waals surface area contributed by atoms with Crippen molar-refractivity contribution in [1.82, 2.24) is 15.5 Å². The summed E-state index contributed by atoms with van der Waals surface area (Å²) in [5.74, 6) is 1.71. The van der Waals surface area contributed by atoms with E-state index >= 15 is 0 Å². The summed E-state index contributed by atoms with van der Waals surface area (Å²) in [6.07, 6.45) is 5.33. The van der Waals surface area contributed by atoms with Crippen molar-refractivity contribution >= 4 is 23.2 Å². The first-order valence-electron chi connectivity index (χ1n) is 8.15. The molecular weight excluding hydrogens is 282 g/mol. The molecule has 4 nitrogen and oxygen atoms in total. The molecule has 0 aromatic heterocycles. The molecular formula is C16H29N3OS. The van der Waals surface area contributed by atoms with Crippen molar-refractivity contribution in [3.8, 4) is 0 Å². The Hall–Kier alpha value is -0.840. The Balaban J connectivity index is 1.82. The highest BCUT2D eigenvalue weighted by atomic mass is 32.1. The van der Waals surface area contributed by atoms with Crippen LogP contribution in [0, 0.1) is 11.8 Å². The van der Waals surface area contributed by atoms with Gasteiger partial charge in [-0.05, 0) is 71.0 Å².